The van der Waals surface area contributed by atoms with E-state index in [4.69, 9.17) is 11.6 Å². The molecule has 128 valence electrons. The van der Waals surface area contributed by atoms with E-state index in [1.165, 1.54) is 12.1 Å². The van der Waals surface area contributed by atoms with Crippen molar-refractivity contribution in [1.29, 1.82) is 0 Å². The molecule has 0 radical (unpaired) electrons. The lowest BCUT2D eigenvalue weighted by molar-refractivity contribution is -0.145. The Labute approximate surface area is 139 Å². The molecule has 0 saturated heterocycles. The van der Waals surface area contributed by atoms with Gasteiger partial charge >= 0.3 is 6.18 Å². The third kappa shape index (κ3) is 3.29. The number of hydrogen-bond donors (Lipinski definition) is 1. The molecule has 0 amide bonds. The Balaban J connectivity index is 1.86. The molecule has 3 rings (SSSR count). The van der Waals surface area contributed by atoms with Gasteiger partial charge in [-0.05, 0) is 12.1 Å². The van der Waals surface area contributed by atoms with E-state index in [0.29, 0.717) is 12.1 Å². The molecule has 1 aliphatic heterocycles. The number of nitrogens with one attached hydrogen (secondary N) is 1. The molecule has 9 heteroatoms. The van der Waals surface area contributed by atoms with Crippen LogP contribution in [0.3, 0.4) is 0 Å². The third-order valence-electron chi connectivity index (χ3n) is 3.86. The number of rotatable bonds is 2. The van der Waals surface area contributed by atoms with Gasteiger partial charge in [-0.2, -0.15) is 13.2 Å². The maximum Gasteiger partial charge on any atom is 0.449 e. The first-order chi connectivity index (χ1) is 11.3. The van der Waals surface area contributed by atoms with Crippen molar-refractivity contribution in [2.24, 2.45) is 0 Å². The predicted molar refractivity (Wildman–Crippen MR) is 79.1 cm³/mol. The maximum absolute atomic E-state index is 13.8. The highest BCUT2D eigenvalue weighted by atomic mass is 35.5. The molecule has 1 aliphatic rings. The minimum Gasteiger partial charge on any atom is -0.303 e. The van der Waals surface area contributed by atoms with Gasteiger partial charge in [-0.3, -0.25) is 9.69 Å². The number of hydrogen-bond acceptors (Lipinski definition) is 3. The Morgan fingerprint density at radius 2 is 2.08 bits per heavy atom. The van der Waals surface area contributed by atoms with Crippen LogP contribution >= 0.6 is 11.6 Å². The summed E-state index contributed by atoms with van der Waals surface area (Å²) in [5.74, 6) is -1.76. The molecule has 24 heavy (non-hydrogen) atoms. The molecule has 0 saturated carbocycles. The highest BCUT2D eigenvalue weighted by Gasteiger charge is 2.36. The number of halogens is 5. The van der Waals surface area contributed by atoms with Crippen molar-refractivity contribution >= 4 is 11.6 Å². The quantitative estimate of drug-likeness (QED) is 0.836. The number of alkyl halides is 3. The monoisotopic (exact) mass is 361 g/mol. The van der Waals surface area contributed by atoms with Crippen LogP contribution in [0.5, 0.6) is 0 Å². The lowest BCUT2D eigenvalue weighted by Crippen LogP contribution is -2.36. The molecule has 0 bridgehead atoms. The average molecular weight is 362 g/mol. The van der Waals surface area contributed by atoms with Crippen molar-refractivity contribution in [2.75, 3.05) is 6.54 Å². The first kappa shape index (κ1) is 16.9. The zero-order valence-corrected chi connectivity index (χ0v) is 13.0. The standard InChI is InChI=1S/C15H12ClF4N3O/c16-10-2-1-3-11(17)8(10)6-23-5-4-12-9(7-23)13(24)22-14(21-12)15(18,19)20/h1-3H,4-7H2,(H,21,22,24). The van der Waals surface area contributed by atoms with Crippen LogP contribution in [0.1, 0.15) is 22.6 Å². The number of H-pyrrole nitrogens is 1. The molecule has 0 aliphatic carbocycles. The summed E-state index contributed by atoms with van der Waals surface area (Å²) >= 11 is 5.98. The summed E-state index contributed by atoms with van der Waals surface area (Å²) in [5, 5.41) is 0.264. The number of aromatic amines is 1. The number of fused-ring (bicyclic) bond motifs is 1. The number of nitrogens with zero attached hydrogens (tertiary/aromatic N) is 2. The lowest BCUT2D eigenvalue weighted by atomic mass is 10.1. The average Bonchev–Trinajstić information content (AvgIpc) is 2.50. The van der Waals surface area contributed by atoms with Crippen molar-refractivity contribution in [1.82, 2.24) is 14.9 Å². The van der Waals surface area contributed by atoms with Crippen molar-refractivity contribution in [3.8, 4) is 0 Å². The fraction of sp³-hybridized carbons (Fsp3) is 0.333. The molecule has 0 atom stereocenters. The predicted octanol–water partition coefficient (Wildman–Crippen LogP) is 3.14. The zero-order valence-electron chi connectivity index (χ0n) is 12.3. The van der Waals surface area contributed by atoms with Gasteiger partial charge < -0.3 is 4.98 Å². The summed E-state index contributed by atoms with van der Waals surface area (Å²) in [6, 6.07) is 4.32. The van der Waals surface area contributed by atoms with Crippen molar-refractivity contribution in [3.63, 3.8) is 0 Å². The maximum atomic E-state index is 13.8. The van der Waals surface area contributed by atoms with Crippen LogP contribution in [0.25, 0.3) is 0 Å². The van der Waals surface area contributed by atoms with Crippen LogP contribution < -0.4 is 5.56 Å². The molecular formula is C15H12ClF4N3O. The van der Waals surface area contributed by atoms with Crippen LogP contribution in [0.4, 0.5) is 17.6 Å². The minimum atomic E-state index is -4.70. The largest absolute Gasteiger partial charge is 0.449 e. The van der Waals surface area contributed by atoms with E-state index in [-0.39, 0.29) is 35.8 Å². The molecule has 1 aromatic heterocycles. The third-order valence-corrected chi connectivity index (χ3v) is 4.21. The Morgan fingerprint density at radius 3 is 2.75 bits per heavy atom. The van der Waals surface area contributed by atoms with Crippen molar-refractivity contribution < 1.29 is 17.6 Å². The molecule has 2 aromatic rings. The Morgan fingerprint density at radius 1 is 1.33 bits per heavy atom. The summed E-state index contributed by atoms with van der Waals surface area (Å²) in [7, 11) is 0. The van der Waals surface area contributed by atoms with Gasteiger partial charge in [0.25, 0.3) is 5.56 Å². The van der Waals surface area contributed by atoms with Gasteiger partial charge in [0.05, 0.1) is 11.3 Å². The Kier molecular flexibility index (Phi) is 4.35. The van der Waals surface area contributed by atoms with Gasteiger partial charge in [0.15, 0.2) is 0 Å². The van der Waals surface area contributed by atoms with Gasteiger partial charge in [0, 0.05) is 36.6 Å². The van der Waals surface area contributed by atoms with Gasteiger partial charge in [-0.15, -0.1) is 0 Å². The summed E-state index contributed by atoms with van der Waals surface area (Å²) < 4.78 is 51.9. The van der Waals surface area contributed by atoms with Crippen LogP contribution in [0.2, 0.25) is 5.02 Å². The second-order valence-electron chi connectivity index (χ2n) is 5.50. The summed E-state index contributed by atoms with van der Waals surface area (Å²) in [5.41, 5.74) is -0.237. The Bertz CT molecular complexity index is 814. The van der Waals surface area contributed by atoms with Crippen LogP contribution in [0, 0.1) is 5.82 Å². The molecule has 1 N–H and O–H groups in total. The molecule has 1 aromatic carbocycles. The van der Waals surface area contributed by atoms with E-state index in [2.05, 4.69) is 4.98 Å². The number of aromatic nitrogens is 2. The second-order valence-corrected chi connectivity index (χ2v) is 5.91. The highest BCUT2D eigenvalue weighted by molar-refractivity contribution is 6.31. The lowest BCUT2D eigenvalue weighted by Gasteiger charge is -2.28. The molecule has 0 fully saturated rings. The van der Waals surface area contributed by atoms with E-state index < -0.39 is 23.4 Å². The first-order valence-corrected chi connectivity index (χ1v) is 7.48. The zero-order chi connectivity index (χ0) is 17.5. The highest BCUT2D eigenvalue weighted by Crippen LogP contribution is 2.27. The van der Waals surface area contributed by atoms with E-state index in [1.54, 1.807) is 16.0 Å². The first-order valence-electron chi connectivity index (χ1n) is 7.10. The fourth-order valence-corrected chi connectivity index (χ4v) is 2.88. The van der Waals surface area contributed by atoms with Gasteiger partial charge in [0.2, 0.25) is 5.82 Å². The Hall–Kier alpha value is -1.93. The van der Waals surface area contributed by atoms with Crippen molar-refractivity contribution in [2.45, 2.75) is 25.7 Å². The normalized spacial score (nSPS) is 15.4. The summed E-state index contributed by atoms with van der Waals surface area (Å²) in [4.78, 5) is 19.0. The van der Waals surface area contributed by atoms with Crippen LogP contribution in [-0.4, -0.2) is 21.4 Å². The molecule has 0 unspecified atom stereocenters. The van der Waals surface area contributed by atoms with E-state index in [0.717, 1.165) is 0 Å². The summed E-state index contributed by atoms with van der Waals surface area (Å²) in [6.45, 7) is 0.595. The number of benzene rings is 1. The van der Waals surface area contributed by atoms with Gasteiger partial charge in [0.1, 0.15) is 5.82 Å². The van der Waals surface area contributed by atoms with Gasteiger partial charge in [-0.25, -0.2) is 9.37 Å². The molecular weight excluding hydrogens is 350 g/mol. The van der Waals surface area contributed by atoms with E-state index >= 15 is 0 Å². The van der Waals surface area contributed by atoms with Crippen LogP contribution in [0.15, 0.2) is 23.0 Å². The molecule has 2 heterocycles. The molecule has 4 nitrogen and oxygen atoms in total. The summed E-state index contributed by atoms with van der Waals surface area (Å²) in [6.07, 6.45) is -4.53. The smallest absolute Gasteiger partial charge is 0.303 e. The van der Waals surface area contributed by atoms with Crippen molar-refractivity contribution in [3.05, 3.63) is 62.0 Å². The van der Waals surface area contributed by atoms with Gasteiger partial charge in [-0.1, -0.05) is 17.7 Å². The fourth-order valence-electron chi connectivity index (χ4n) is 2.66. The SMILES string of the molecule is O=c1[nH]c(C(F)(F)F)nc2c1CN(Cc1c(F)cccc1Cl)CC2. The second kappa shape index (κ2) is 6.18. The van der Waals surface area contributed by atoms with E-state index in [1.807, 2.05) is 0 Å². The topological polar surface area (TPSA) is 49.0 Å². The molecule has 0 spiro atoms. The minimum absolute atomic E-state index is 0.0838. The van der Waals surface area contributed by atoms with E-state index in [9.17, 15) is 22.4 Å². The van der Waals surface area contributed by atoms with Crippen LogP contribution in [-0.2, 0) is 25.7 Å².